The summed E-state index contributed by atoms with van der Waals surface area (Å²) in [7, 11) is 0. The molecule has 2 rings (SSSR count). The van der Waals surface area contributed by atoms with Crippen LogP contribution in [-0.4, -0.2) is 23.0 Å². The van der Waals surface area contributed by atoms with E-state index in [-0.39, 0.29) is 6.42 Å². The number of rotatable bonds is 5. The van der Waals surface area contributed by atoms with E-state index in [1.165, 1.54) is 0 Å². The van der Waals surface area contributed by atoms with Crippen molar-refractivity contribution < 1.29 is 14.7 Å². The molecule has 0 heterocycles. The Morgan fingerprint density at radius 3 is 2.38 bits per heavy atom. The molecule has 0 bridgehead atoms. The van der Waals surface area contributed by atoms with Gasteiger partial charge >= 0.3 is 5.97 Å². The summed E-state index contributed by atoms with van der Waals surface area (Å²) >= 11 is 6.57. The quantitative estimate of drug-likeness (QED) is 0.727. The minimum atomic E-state index is -1.16. The number of halogens is 2. The Bertz CT molecular complexity index is 811. The number of carbonyl (C=O) groups excluding carboxylic acids is 1. The van der Waals surface area contributed by atoms with Crippen molar-refractivity contribution in [3.05, 3.63) is 68.1 Å². The first kappa shape index (κ1) is 18.2. The Hall–Kier alpha value is -2.17. The van der Waals surface area contributed by atoms with E-state index in [4.69, 9.17) is 5.26 Å². The Labute approximate surface area is 155 Å². The molecule has 0 aliphatic heterocycles. The molecular formula is C17H12Br2N2O3. The van der Waals surface area contributed by atoms with E-state index in [1.54, 1.807) is 42.5 Å². The average molecular weight is 452 g/mol. The minimum Gasteiger partial charge on any atom is -0.480 e. The Morgan fingerprint density at radius 1 is 1.17 bits per heavy atom. The van der Waals surface area contributed by atoms with Crippen LogP contribution in [-0.2, 0) is 11.2 Å². The molecule has 5 nitrogen and oxygen atoms in total. The summed E-state index contributed by atoms with van der Waals surface area (Å²) in [5.41, 5.74) is 1.29. The highest BCUT2D eigenvalue weighted by atomic mass is 79.9. The van der Waals surface area contributed by atoms with E-state index in [0.29, 0.717) is 25.6 Å². The second-order valence-corrected chi connectivity index (χ2v) is 6.83. The predicted molar refractivity (Wildman–Crippen MR) is 95.6 cm³/mol. The maximum atomic E-state index is 12.3. The first-order chi connectivity index (χ1) is 11.4. The number of nitriles is 1. The van der Waals surface area contributed by atoms with Gasteiger partial charge in [-0.25, -0.2) is 4.79 Å². The number of carbonyl (C=O) groups is 2. The fourth-order valence-electron chi connectivity index (χ4n) is 2.15. The topological polar surface area (TPSA) is 90.2 Å². The van der Waals surface area contributed by atoms with Gasteiger partial charge in [-0.15, -0.1) is 0 Å². The number of nitrogens with one attached hydrogen (secondary N) is 1. The van der Waals surface area contributed by atoms with Crippen LogP contribution in [0.3, 0.4) is 0 Å². The van der Waals surface area contributed by atoms with Crippen LogP contribution in [0.2, 0.25) is 0 Å². The minimum absolute atomic E-state index is 0.0278. The van der Waals surface area contributed by atoms with Crippen molar-refractivity contribution in [2.24, 2.45) is 0 Å². The molecule has 1 atom stereocenters. The fourth-order valence-corrected chi connectivity index (χ4v) is 3.45. The van der Waals surface area contributed by atoms with Crippen LogP contribution in [0.15, 0.2) is 51.4 Å². The SMILES string of the molecule is N#Cc1ccccc1C[C@H](NC(=O)c1cc(Br)cc(Br)c1)C(=O)O. The summed E-state index contributed by atoms with van der Waals surface area (Å²) in [6, 6.07) is 12.6. The van der Waals surface area contributed by atoms with Gasteiger partial charge < -0.3 is 10.4 Å². The van der Waals surface area contributed by atoms with E-state index < -0.39 is 17.9 Å². The Morgan fingerprint density at radius 2 is 1.79 bits per heavy atom. The Kier molecular flexibility index (Phi) is 6.12. The molecule has 7 heteroatoms. The molecule has 0 aliphatic rings. The average Bonchev–Trinajstić information content (AvgIpc) is 2.53. The summed E-state index contributed by atoms with van der Waals surface area (Å²) in [5, 5.41) is 21.0. The number of aliphatic carboxylic acids is 1. The van der Waals surface area contributed by atoms with Crippen LogP contribution in [0.5, 0.6) is 0 Å². The number of carboxylic acids is 1. The molecule has 0 fully saturated rings. The van der Waals surface area contributed by atoms with Gasteiger partial charge in [-0.05, 0) is 29.8 Å². The van der Waals surface area contributed by atoms with Crippen LogP contribution in [0.4, 0.5) is 0 Å². The zero-order valence-electron chi connectivity index (χ0n) is 12.3. The molecule has 2 aromatic rings. The summed E-state index contributed by atoms with van der Waals surface area (Å²) in [4.78, 5) is 23.8. The van der Waals surface area contributed by atoms with Gasteiger partial charge in [0.2, 0.25) is 0 Å². The highest BCUT2D eigenvalue weighted by Gasteiger charge is 2.22. The molecule has 0 aliphatic carbocycles. The van der Waals surface area contributed by atoms with Crippen LogP contribution >= 0.6 is 31.9 Å². The second-order valence-electron chi connectivity index (χ2n) is 5.00. The van der Waals surface area contributed by atoms with Gasteiger partial charge in [0.25, 0.3) is 5.91 Å². The van der Waals surface area contributed by atoms with E-state index >= 15 is 0 Å². The second kappa shape index (κ2) is 8.08. The van der Waals surface area contributed by atoms with E-state index in [9.17, 15) is 14.7 Å². The molecule has 0 radical (unpaired) electrons. The Balaban J connectivity index is 2.21. The third-order valence-corrected chi connectivity index (χ3v) is 4.21. The van der Waals surface area contributed by atoms with Crippen molar-refractivity contribution in [2.75, 3.05) is 0 Å². The first-order valence-corrected chi connectivity index (χ1v) is 8.47. The lowest BCUT2D eigenvalue weighted by Crippen LogP contribution is -2.42. The van der Waals surface area contributed by atoms with Crippen molar-refractivity contribution in [2.45, 2.75) is 12.5 Å². The molecule has 0 saturated heterocycles. The van der Waals surface area contributed by atoms with Gasteiger partial charge in [0.05, 0.1) is 11.6 Å². The molecule has 24 heavy (non-hydrogen) atoms. The maximum absolute atomic E-state index is 12.3. The first-order valence-electron chi connectivity index (χ1n) is 6.88. The van der Waals surface area contributed by atoms with Crippen LogP contribution in [0.1, 0.15) is 21.5 Å². The van der Waals surface area contributed by atoms with Crippen molar-refractivity contribution in [3.8, 4) is 6.07 Å². The summed E-state index contributed by atoms with van der Waals surface area (Å²) in [6.45, 7) is 0. The number of nitrogens with zero attached hydrogens (tertiary/aromatic N) is 1. The van der Waals surface area contributed by atoms with Crippen molar-refractivity contribution in [1.29, 1.82) is 5.26 Å². The molecular weight excluding hydrogens is 440 g/mol. The number of benzene rings is 2. The van der Waals surface area contributed by atoms with Crippen LogP contribution in [0, 0.1) is 11.3 Å². The lowest BCUT2D eigenvalue weighted by molar-refractivity contribution is -0.139. The molecule has 2 aromatic carbocycles. The maximum Gasteiger partial charge on any atom is 0.326 e. The largest absolute Gasteiger partial charge is 0.480 e. The highest BCUT2D eigenvalue weighted by molar-refractivity contribution is 9.11. The molecule has 1 amide bonds. The third-order valence-electron chi connectivity index (χ3n) is 3.29. The number of hydrogen-bond donors (Lipinski definition) is 2. The number of carboxylic acid groups (broad SMARTS) is 1. The lowest BCUT2D eigenvalue weighted by atomic mass is 10.0. The third kappa shape index (κ3) is 4.66. The lowest BCUT2D eigenvalue weighted by Gasteiger charge is -2.15. The normalized spacial score (nSPS) is 11.4. The van der Waals surface area contributed by atoms with Gasteiger partial charge in [0.15, 0.2) is 0 Å². The highest BCUT2D eigenvalue weighted by Crippen LogP contribution is 2.20. The van der Waals surface area contributed by atoms with Crippen LogP contribution < -0.4 is 5.32 Å². The smallest absolute Gasteiger partial charge is 0.326 e. The molecule has 2 N–H and O–H groups in total. The van der Waals surface area contributed by atoms with Crippen molar-refractivity contribution in [3.63, 3.8) is 0 Å². The van der Waals surface area contributed by atoms with Crippen LogP contribution in [0.25, 0.3) is 0 Å². The van der Waals surface area contributed by atoms with Crippen molar-refractivity contribution in [1.82, 2.24) is 5.32 Å². The molecule has 0 aromatic heterocycles. The number of hydrogen-bond acceptors (Lipinski definition) is 3. The summed E-state index contributed by atoms with van der Waals surface area (Å²) in [6.07, 6.45) is 0.0278. The van der Waals surface area contributed by atoms with Gasteiger partial charge in [0, 0.05) is 20.9 Å². The van der Waals surface area contributed by atoms with Gasteiger partial charge in [-0.2, -0.15) is 5.26 Å². The van der Waals surface area contributed by atoms with E-state index in [0.717, 1.165) is 0 Å². The summed E-state index contributed by atoms with van der Waals surface area (Å²) in [5.74, 6) is -1.66. The monoisotopic (exact) mass is 450 g/mol. The predicted octanol–water partition coefficient (Wildman–Crippen LogP) is 3.51. The van der Waals surface area contributed by atoms with E-state index in [2.05, 4.69) is 37.2 Å². The van der Waals surface area contributed by atoms with Gasteiger partial charge in [-0.1, -0.05) is 50.1 Å². The molecule has 0 unspecified atom stereocenters. The van der Waals surface area contributed by atoms with E-state index in [1.807, 2.05) is 6.07 Å². The number of amides is 1. The standard InChI is InChI=1S/C17H12Br2N2O3/c18-13-5-12(6-14(19)8-13)16(22)21-15(17(23)24)7-10-3-1-2-4-11(10)9-20/h1-6,8,15H,7H2,(H,21,22)(H,23,24)/t15-/m0/s1. The zero-order chi connectivity index (χ0) is 17.7. The molecule has 0 spiro atoms. The van der Waals surface area contributed by atoms with Gasteiger partial charge in [0.1, 0.15) is 6.04 Å². The van der Waals surface area contributed by atoms with Crippen molar-refractivity contribution >= 4 is 43.7 Å². The summed E-state index contributed by atoms with van der Waals surface area (Å²) < 4.78 is 1.40. The van der Waals surface area contributed by atoms with Gasteiger partial charge in [-0.3, -0.25) is 4.79 Å². The molecule has 122 valence electrons. The molecule has 0 saturated carbocycles. The fraction of sp³-hybridized carbons (Fsp3) is 0.118. The zero-order valence-corrected chi connectivity index (χ0v) is 15.5.